The molecule has 1 unspecified atom stereocenters. The van der Waals surface area contributed by atoms with Crippen LogP contribution in [-0.4, -0.2) is 25.0 Å². The van der Waals surface area contributed by atoms with E-state index in [1.807, 2.05) is 57.2 Å². The minimum Gasteiger partial charge on any atom is -0.490 e. The van der Waals surface area contributed by atoms with E-state index in [9.17, 15) is 4.79 Å². The second-order valence-corrected chi connectivity index (χ2v) is 7.09. The second-order valence-electron chi connectivity index (χ2n) is 6.24. The number of benzene rings is 2. The molecule has 0 saturated heterocycles. The number of nitrogens with one attached hydrogen (secondary N) is 2. The fourth-order valence-corrected chi connectivity index (χ4v) is 2.91. The molecule has 0 bridgehead atoms. The molecule has 150 valence electrons. The molecule has 7 heteroatoms. The number of nitrogens with zero attached hydrogens (tertiary/aromatic N) is 1. The number of aryl methyl sites for hydroxylation is 1. The molecule has 0 aromatic heterocycles. The van der Waals surface area contributed by atoms with Crippen LogP contribution in [0.5, 0.6) is 11.5 Å². The number of hydrazone groups is 1. The summed E-state index contributed by atoms with van der Waals surface area (Å²) < 4.78 is 12.4. The van der Waals surface area contributed by atoms with Gasteiger partial charge in [-0.2, -0.15) is 5.10 Å². The van der Waals surface area contributed by atoms with Crippen LogP contribution in [0.4, 0.5) is 10.5 Å². The molecule has 6 nitrogen and oxygen atoms in total. The van der Waals surface area contributed by atoms with Crippen molar-refractivity contribution >= 4 is 33.9 Å². The number of rotatable bonds is 8. The molecule has 0 spiro atoms. The topological polar surface area (TPSA) is 72.0 Å². The lowest BCUT2D eigenvalue weighted by Crippen LogP contribution is -2.24. The van der Waals surface area contributed by atoms with Gasteiger partial charge in [0.2, 0.25) is 0 Å². The first-order chi connectivity index (χ1) is 13.4. The van der Waals surface area contributed by atoms with E-state index in [-0.39, 0.29) is 6.10 Å². The third-order valence-electron chi connectivity index (χ3n) is 4.00. The zero-order valence-electron chi connectivity index (χ0n) is 16.6. The Balaban J connectivity index is 2.08. The number of urea groups is 1. The van der Waals surface area contributed by atoms with Crippen molar-refractivity contribution in [2.75, 3.05) is 11.9 Å². The molecular weight excluding hydrogens is 422 g/mol. The average molecular weight is 448 g/mol. The molecule has 2 N–H and O–H groups in total. The zero-order chi connectivity index (χ0) is 20.5. The summed E-state index contributed by atoms with van der Waals surface area (Å²) in [5.41, 5.74) is 4.95. The molecular formula is C21H26BrN3O3. The molecule has 0 aliphatic carbocycles. The molecule has 0 radical (unpaired) electrons. The minimum atomic E-state index is -0.411. The molecule has 0 heterocycles. The minimum absolute atomic E-state index is 0.0711. The number of halogens is 1. The number of para-hydroxylation sites is 1. The van der Waals surface area contributed by atoms with Crippen LogP contribution in [0.2, 0.25) is 0 Å². The summed E-state index contributed by atoms with van der Waals surface area (Å²) in [5, 5.41) is 6.77. The Morgan fingerprint density at radius 2 is 2.04 bits per heavy atom. The molecule has 2 amide bonds. The lowest BCUT2D eigenvalue weighted by molar-refractivity contribution is 0.202. The van der Waals surface area contributed by atoms with Crippen molar-refractivity contribution in [2.24, 2.45) is 5.10 Å². The number of hydrogen-bond acceptors (Lipinski definition) is 4. The number of carbonyl (C=O) groups excluding carboxylic acids is 1. The number of hydrogen-bond donors (Lipinski definition) is 2. The first kappa shape index (κ1) is 21.8. The first-order valence-electron chi connectivity index (χ1n) is 9.23. The largest absolute Gasteiger partial charge is 0.490 e. The predicted molar refractivity (Wildman–Crippen MR) is 117 cm³/mol. The Hall–Kier alpha value is -2.54. The average Bonchev–Trinajstić information content (AvgIpc) is 2.66. The molecule has 2 aromatic rings. The number of carbonyl (C=O) groups is 1. The lowest BCUT2D eigenvalue weighted by Gasteiger charge is -2.18. The lowest BCUT2D eigenvalue weighted by atomic mass is 10.2. The van der Waals surface area contributed by atoms with Crippen LogP contribution in [0.25, 0.3) is 0 Å². The van der Waals surface area contributed by atoms with E-state index >= 15 is 0 Å². The highest BCUT2D eigenvalue weighted by Gasteiger charge is 2.14. The van der Waals surface area contributed by atoms with Crippen molar-refractivity contribution in [3.05, 3.63) is 52.0 Å². The highest BCUT2D eigenvalue weighted by molar-refractivity contribution is 9.10. The van der Waals surface area contributed by atoms with Gasteiger partial charge in [0.1, 0.15) is 0 Å². The maximum atomic E-state index is 12.0. The highest BCUT2D eigenvalue weighted by atomic mass is 79.9. The van der Waals surface area contributed by atoms with Gasteiger partial charge in [0.25, 0.3) is 0 Å². The van der Waals surface area contributed by atoms with Gasteiger partial charge in [-0.25, -0.2) is 10.2 Å². The number of amides is 2. The van der Waals surface area contributed by atoms with E-state index in [4.69, 9.17) is 9.47 Å². The van der Waals surface area contributed by atoms with Crippen molar-refractivity contribution in [3.8, 4) is 11.5 Å². The van der Waals surface area contributed by atoms with Crippen molar-refractivity contribution in [1.29, 1.82) is 0 Å². The standard InChI is InChI=1S/C21H26BrN3O3/c1-5-15(4)28-20-17(22)11-16(12-19(20)27-6-2)13-23-25-21(26)24-18-10-8-7-9-14(18)3/h7-13,15H,5-6H2,1-4H3,(H2,24,25,26). The van der Waals surface area contributed by atoms with E-state index in [2.05, 4.69) is 38.7 Å². The molecule has 2 rings (SSSR count). The predicted octanol–water partition coefficient (Wildman–Crippen LogP) is 5.49. The smallest absolute Gasteiger partial charge is 0.339 e. The fraction of sp³-hybridized carbons (Fsp3) is 0.333. The maximum Gasteiger partial charge on any atom is 0.339 e. The third kappa shape index (κ3) is 6.27. The van der Waals surface area contributed by atoms with E-state index < -0.39 is 6.03 Å². The van der Waals surface area contributed by atoms with Crippen molar-refractivity contribution < 1.29 is 14.3 Å². The number of ether oxygens (including phenoxy) is 2. The van der Waals surface area contributed by atoms with Crippen LogP contribution in [0, 0.1) is 6.92 Å². The van der Waals surface area contributed by atoms with Gasteiger partial charge >= 0.3 is 6.03 Å². The van der Waals surface area contributed by atoms with E-state index in [0.717, 1.165) is 27.7 Å². The van der Waals surface area contributed by atoms with E-state index in [0.29, 0.717) is 18.1 Å². The quantitative estimate of drug-likeness (QED) is 0.415. The second kappa shape index (κ2) is 10.7. The molecule has 0 fully saturated rings. The van der Waals surface area contributed by atoms with Gasteiger partial charge < -0.3 is 14.8 Å². The van der Waals surface area contributed by atoms with Crippen LogP contribution < -0.4 is 20.2 Å². The Morgan fingerprint density at radius 3 is 2.71 bits per heavy atom. The maximum absolute atomic E-state index is 12.0. The summed E-state index contributed by atoms with van der Waals surface area (Å²) in [6.07, 6.45) is 2.51. The van der Waals surface area contributed by atoms with E-state index in [1.54, 1.807) is 6.21 Å². The summed E-state index contributed by atoms with van der Waals surface area (Å²) in [5.74, 6) is 1.29. The zero-order valence-corrected chi connectivity index (χ0v) is 18.2. The van der Waals surface area contributed by atoms with E-state index in [1.165, 1.54) is 0 Å². The van der Waals surface area contributed by atoms with Crippen molar-refractivity contribution in [2.45, 2.75) is 40.2 Å². The summed E-state index contributed by atoms with van der Waals surface area (Å²) in [6.45, 7) is 8.43. The summed E-state index contributed by atoms with van der Waals surface area (Å²) in [6, 6.07) is 10.8. The van der Waals surface area contributed by atoms with Gasteiger partial charge in [-0.3, -0.25) is 0 Å². The van der Waals surface area contributed by atoms with Crippen LogP contribution in [-0.2, 0) is 0 Å². The third-order valence-corrected chi connectivity index (χ3v) is 4.59. The van der Waals surface area contributed by atoms with Crippen LogP contribution in [0.1, 0.15) is 38.3 Å². The fourth-order valence-electron chi connectivity index (χ4n) is 2.35. The highest BCUT2D eigenvalue weighted by Crippen LogP contribution is 2.37. The molecule has 0 aliphatic heterocycles. The SMILES string of the molecule is CCOc1cc(C=NNC(=O)Nc2ccccc2C)cc(Br)c1OC(C)CC. The van der Waals surface area contributed by atoms with Gasteiger partial charge in [0, 0.05) is 5.69 Å². The van der Waals surface area contributed by atoms with Gasteiger partial charge in [0.05, 0.1) is 23.4 Å². The Bertz CT molecular complexity index is 840. The van der Waals surface area contributed by atoms with Crippen LogP contribution in [0.3, 0.4) is 0 Å². The molecule has 1 atom stereocenters. The first-order valence-corrected chi connectivity index (χ1v) is 10.0. The van der Waals surface area contributed by atoms with Gasteiger partial charge in [-0.05, 0) is 72.4 Å². The van der Waals surface area contributed by atoms with Gasteiger partial charge in [-0.15, -0.1) is 0 Å². The monoisotopic (exact) mass is 447 g/mol. The molecule has 2 aromatic carbocycles. The summed E-state index contributed by atoms with van der Waals surface area (Å²) in [4.78, 5) is 12.0. The Kier molecular flexibility index (Phi) is 8.32. The summed E-state index contributed by atoms with van der Waals surface area (Å²) >= 11 is 3.53. The summed E-state index contributed by atoms with van der Waals surface area (Å²) in [7, 11) is 0. The van der Waals surface area contributed by atoms with Crippen LogP contribution >= 0.6 is 15.9 Å². The van der Waals surface area contributed by atoms with Gasteiger partial charge in [-0.1, -0.05) is 25.1 Å². The van der Waals surface area contributed by atoms with Gasteiger partial charge in [0.15, 0.2) is 11.5 Å². The Morgan fingerprint density at radius 1 is 1.29 bits per heavy atom. The number of anilines is 1. The normalized spacial score (nSPS) is 11.9. The van der Waals surface area contributed by atoms with Crippen molar-refractivity contribution in [3.63, 3.8) is 0 Å². The molecule has 0 saturated carbocycles. The van der Waals surface area contributed by atoms with Crippen LogP contribution in [0.15, 0.2) is 46.0 Å². The molecule has 28 heavy (non-hydrogen) atoms. The Labute approximate surface area is 174 Å². The van der Waals surface area contributed by atoms with Crippen molar-refractivity contribution in [1.82, 2.24) is 5.43 Å². The molecule has 0 aliphatic rings.